The molecule has 0 aliphatic carbocycles. The Morgan fingerprint density at radius 1 is 1.19 bits per heavy atom. The number of hydrogen-bond donors (Lipinski definition) is 1. The van der Waals surface area contributed by atoms with Gasteiger partial charge in [-0.15, -0.1) is 0 Å². The summed E-state index contributed by atoms with van der Waals surface area (Å²) in [5.41, 5.74) is 1.44. The Hall–Kier alpha value is -2.24. The van der Waals surface area contributed by atoms with Gasteiger partial charge in [0.25, 0.3) is 0 Å². The first-order chi connectivity index (χ1) is 13.1. The SMILES string of the molecule is CC[C@@H]1CCCCCN1C(=O)Nc1ccc(OC)c(N2CCCCC2=O)c1. The molecule has 2 saturated heterocycles. The summed E-state index contributed by atoms with van der Waals surface area (Å²) in [4.78, 5) is 29.0. The number of rotatable bonds is 4. The minimum atomic E-state index is -0.0511. The van der Waals surface area contributed by atoms with Crippen LogP contribution >= 0.6 is 0 Å². The van der Waals surface area contributed by atoms with Gasteiger partial charge in [-0.1, -0.05) is 19.8 Å². The van der Waals surface area contributed by atoms with Crippen LogP contribution in [0.2, 0.25) is 0 Å². The highest BCUT2D eigenvalue weighted by Gasteiger charge is 2.26. The summed E-state index contributed by atoms with van der Waals surface area (Å²) in [5.74, 6) is 0.769. The maximum absolute atomic E-state index is 12.9. The number of anilines is 2. The fraction of sp³-hybridized carbons (Fsp3) is 0.619. The van der Waals surface area contributed by atoms with E-state index >= 15 is 0 Å². The molecular weight excluding hydrogens is 342 g/mol. The second-order valence-corrected chi connectivity index (χ2v) is 7.42. The molecule has 0 aromatic heterocycles. The molecular formula is C21H31N3O3. The van der Waals surface area contributed by atoms with E-state index in [4.69, 9.17) is 4.74 Å². The molecule has 1 atom stereocenters. The van der Waals surface area contributed by atoms with Crippen molar-refractivity contribution in [1.82, 2.24) is 4.90 Å². The van der Waals surface area contributed by atoms with E-state index in [-0.39, 0.29) is 11.9 Å². The first-order valence-electron chi connectivity index (χ1n) is 10.2. The van der Waals surface area contributed by atoms with E-state index in [1.165, 1.54) is 12.8 Å². The van der Waals surface area contributed by atoms with Crippen LogP contribution < -0.4 is 15.0 Å². The third-order valence-electron chi connectivity index (χ3n) is 5.65. The van der Waals surface area contributed by atoms with E-state index in [1.54, 1.807) is 12.0 Å². The number of hydrogen-bond acceptors (Lipinski definition) is 3. The number of piperidine rings is 1. The first kappa shape index (κ1) is 19.5. The van der Waals surface area contributed by atoms with Gasteiger partial charge in [0.05, 0.1) is 12.8 Å². The average molecular weight is 373 g/mol. The number of ether oxygens (including phenoxy) is 1. The minimum absolute atomic E-state index is 0.0511. The summed E-state index contributed by atoms with van der Waals surface area (Å²) >= 11 is 0. The zero-order valence-corrected chi connectivity index (χ0v) is 16.5. The number of benzene rings is 1. The van der Waals surface area contributed by atoms with E-state index in [2.05, 4.69) is 12.2 Å². The summed E-state index contributed by atoms with van der Waals surface area (Å²) in [6, 6.07) is 5.78. The predicted molar refractivity (Wildman–Crippen MR) is 107 cm³/mol. The first-order valence-corrected chi connectivity index (χ1v) is 10.2. The number of nitrogens with one attached hydrogen (secondary N) is 1. The highest BCUT2D eigenvalue weighted by Crippen LogP contribution is 2.34. The molecule has 1 aromatic rings. The summed E-state index contributed by atoms with van der Waals surface area (Å²) < 4.78 is 5.46. The molecule has 3 rings (SSSR count). The van der Waals surface area contributed by atoms with Crippen molar-refractivity contribution in [1.29, 1.82) is 0 Å². The van der Waals surface area contributed by atoms with E-state index in [1.807, 2.05) is 23.1 Å². The van der Waals surface area contributed by atoms with Crippen LogP contribution in [0.15, 0.2) is 18.2 Å². The Bertz CT molecular complexity index is 677. The highest BCUT2D eigenvalue weighted by molar-refractivity contribution is 5.97. The predicted octanol–water partition coefficient (Wildman–Crippen LogP) is 4.40. The fourth-order valence-corrected chi connectivity index (χ4v) is 4.10. The fourth-order valence-electron chi connectivity index (χ4n) is 4.10. The Labute approximate surface area is 161 Å². The summed E-state index contributed by atoms with van der Waals surface area (Å²) in [7, 11) is 1.61. The van der Waals surface area contributed by atoms with Gasteiger partial charge in [-0.2, -0.15) is 0 Å². The van der Waals surface area contributed by atoms with Crippen molar-refractivity contribution in [2.75, 3.05) is 30.4 Å². The van der Waals surface area contributed by atoms with Crippen molar-refractivity contribution in [2.24, 2.45) is 0 Å². The van der Waals surface area contributed by atoms with Crippen LogP contribution in [0.5, 0.6) is 5.75 Å². The van der Waals surface area contributed by atoms with E-state index in [0.29, 0.717) is 30.4 Å². The standard InChI is InChI=1S/C21H31N3O3/c1-3-17-9-5-4-7-13-23(17)21(26)22-16-11-12-19(27-2)18(15-16)24-14-8-6-10-20(24)25/h11-12,15,17H,3-10,13-14H2,1-2H3,(H,22,26)/t17-/m1/s1. The van der Waals surface area contributed by atoms with Gasteiger partial charge in [0, 0.05) is 31.2 Å². The maximum Gasteiger partial charge on any atom is 0.322 e. The molecule has 2 aliphatic rings. The number of amides is 3. The molecule has 1 aromatic carbocycles. The van der Waals surface area contributed by atoms with Crippen molar-refractivity contribution in [2.45, 2.75) is 64.3 Å². The average Bonchev–Trinajstić information content (AvgIpc) is 2.94. The molecule has 0 radical (unpaired) electrons. The topological polar surface area (TPSA) is 61.9 Å². The van der Waals surface area contributed by atoms with Crippen molar-refractivity contribution in [3.05, 3.63) is 18.2 Å². The molecule has 3 amide bonds. The largest absolute Gasteiger partial charge is 0.495 e. The summed E-state index contributed by atoms with van der Waals surface area (Å²) in [6.07, 6.45) is 7.95. The second-order valence-electron chi connectivity index (χ2n) is 7.42. The molecule has 2 aliphatic heterocycles. The quantitative estimate of drug-likeness (QED) is 0.851. The third kappa shape index (κ3) is 4.54. The van der Waals surface area contributed by atoms with Gasteiger partial charge < -0.3 is 19.9 Å². The van der Waals surface area contributed by atoms with Gasteiger partial charge in [0.15, 0.2) is 0 Å². The molecule has 0 saturated carbocycles. The monoisotopic (exact) mass is 373 g/mol. The van der Waals surface area contributed by atoms with Crippen LogP contribution in [0, 0.1) is 0 Å². The molecule has 2 fully saturated rings. The highest BCUT2D eigenvalue weighted by atomic mass is 16.5. The molecule has 0 spiro atoms. The summed E-state index contributed by atoms with van der Waals surface area (Å²) in [5, 5.41) is 3.04. The van der Waals surface area contributed by atoms with Gasteiger partial charge in [-0.3, -0.25) is 4.79 Å². The van der Waals surface area contributed by atoms with Crippen LogP contribution in [-0.2, 0) is 4.79 Å². The third-order valence-corrected chi connectivity index (χ3v) is 5.65. The molecule has 1 N–H and O–H groups in total. The number of carbonyl (C=O) groups excluding carboxylic acids is 2. The van der Waals surface area contributed by atoms with Gasteiger partial charge in [0.1, 0.15) is 5.75 Å². The maximum atomic E-state index is 12.9. The normalized spacial score (nSPS) is 21.0. The van der Waals surface area contributed by atoms with Crippen molar-refractivity contribution < 1.29 is 14.3 Å². The lowest BCUT2D eigenvalue weighted by Crippen LogP contribution is -2.42. The Morgan fingerprint density at radius 2 is 2.00 bits per heavy atom. The van der Waals surface area contributed by atoms with Crippen LogP contribution in [0.3, 0.4) is 0 Å². The zero-order chi connectivity index (χ0) is 19.2. The van der Waals surface area contributed by atoms with E-state index in [0.717, 1.165) is 44.3 Å². The van der Waals surface area contributed by atoms with Gasteiger partial charge in [-0.05, 0) is 50.3 Å². The van der Waals surface area contributed by atoms with Crippen molar-refractivity contribution in [3.8, 4) is 5.75 Å². The van der Waals surface area contributed by atoms with Crippen molar-refractivity contribution >= 4 is 23.3 Å². The zero-order valence-electron chi connectivity index (χ0n) is 16.5. The smallest absolute Gasteiger partial charge is 0.322 e. The lowest BCUT2D eigenvalue weighted by atomic mass is 10.1. The van der Waals surface area contributed by atoms with E-state index in [9.17, 15) is 9.59 Å². The molecule has 148 valence electrons. The molecule has 2 heterocycles. The molecule has 0 unspecified atom stereocenters. The van der Waals surface area contributed by atoms with Crippen LogP contribution in [0.4, 0.5) is 16.2 Å². The Kier molecular flexibility index (Phi) is 6.58. The van der Waals surface area contributed by atoms with Crippen LogP contribution in [0.1, 0.15) is 58.3 Å². The molecule has 6 heteroatoms. The molecule has 27 heavy (non-hydrogen) atoms. The Balaban J connectivity index is 1.79. The second kappa shape index (κ2) is 9.11. The van der Waals surface area contributed by atoms with Crippen LogP contribution in [0.25, 0.3) is 0 Å². The Morgan fingerprint density at radius 3 is 2.74 bits per heavy atom. The number of carbonyl (C=O) groups is 2. The summed E-state index contributed by atoms with van der Waals surface area (Å²) in [6.45, 7) is 3.64. The van der Waals surface area contributed by atoms with Crippen LogP contribution in [-0.4, -0.2) is 43.1 Å². The lowest BCUT2D eigenvalue weighted by molar-refractivity contribution is -0.119. The van der Waals surface area contributed by atoms with Gasteiger partial charge in [-0.25, -0.2) is 4.79 Å². The molecule has 6 nitrogen and oxygen atoms in total. The van der Waals surface area contributed by atoms with Gasteiger partial charge >= 0.3 is 6.03 Å². The lowest BCUT2D eigenvalue weighted by Gasteiger charge is -2.30. The minimum Gasteiger partial charge on any atom is -0.495 e. The van der Waals surface area contributed by atoms with Crippen molar-refractivity contribution in [3.63, 3.8) is 0 Å². The number of likely N-dealkylation sites (tertiary alicyclic amines) is 1. The molecule has 0 bridgehead atoms. The number of methoxy groups -OCH3 is 1. The number of urea groups is 1. The van der Waals surface area contributed by atoms with Gasteiger partial charge in [0.2, 0.25) is 5.91 Å². The van der Waals surface area contributed by atoms with E-state index < -0.39 is 0 Å². The number of nitrogens with zero attached hydrogens (tertiary/aromatic N) is 2.